The zero-order chi connectivity index (χ0) is 13.0. The predicted octanol–water partition coefficient (Wildman–Crippen LogP) is 3.09. The molecule has 0 amide bonds. The van der Waals surface area contributed by atoms with E-state index in [2.05, 4.69) is 18.0 Å². The summed E-state index contributed by atoms with van der Waals surface area (Å²) in [7, 11) is 2.06. The summed E-state index contributed by atoms with van der Waals surface area (Å²) in [5, 5.41) is 8.83. The van der Waals surface area contributed by atoms with Gasteiger partial charge < -0.3 is 4.42 Å². The van der Waals surface area contributed by atoms with Crippen molar-refractivity contribution < 1.29 is 4.42 Å². The van der Waals surface area contributed by atoms with Crippen LogP contribution in [0, 0.1) is 18.3 Å². The van der Waals surface area contributed by atoms with Gasteiger partial charge in [-0.3, -0.25) is 4.90 Å². The first-order valence-electron chi connectivity index (χ1n) is 5.89. The number of benzene rings is 1. The molecule has 0 aliphatic carbocycles. The van der Waals surface area contributed by atoms with E-state index in [1.54, 1.807) is 6.26 Å². The lowest BCUT2D eigenvalue weighted by Gasteiger charge is -2.16. The van der Waals surface area contributed by atoms with Gasteiger partial charge in [-0.25, -0.2) is 0 Å². The number of hydrogen-bond donors (Lipinski definition) is 0. The quantitative estimate of drug-likeness (QED) is 0.824. The van der Waals surface area contributed by atoms with Crippen molar-refractivity contribution in [1.29, 1.82) is 5.26 Å². The molecular weight excluding hydrogens is 224 g/mol. The van der Waals surface area contributed by atoms with Crippen molar-refractivity contribution in [3.05, 3.63) is 59.0 Å². The number of nitrogens with zero attached hydrogens (tertiary/aromatic N) is 2. The largest absolute Gasteiger partial charge is 0.468 e. The minimum absolute atomic E-state index is 0.713. The van der Waals surface area contributed by atoms with Crippen molar-refractivity contribution in [3.8, 4) is 6.07 Å². The van der Waals surface area contributed by atoms with Gasteiger partial charge in [0.15, 0.2) is 0 Å². The van der Waals surface area contributed by atoms with Gasteiger partial charge in [-0.2, -0.15) is 5.26 Å². The fourth-order valence-corrected chi connectivity index (χ4v) is 1.96. The molecule has 0 unspecified atom stereocenters. The van der Waals surface area contributed by atoms with Crippen LogP contribution in [0.4, 0.5) is 0 Å². The smallest absolute Gasteiger partial charge is 0.117 e. The Morgan fingerprint density at radius 2 is 2.11 bits per heavy atom. The second kappa shape index (κ2) is 5.52. The van der Waals surface area contributed by atoms with Crippen molar-refractivity contribution in [1.82, 2.24) is 4.90 Å². The van der Waals surface area contributed by atoms with E-state index in [1.807, 2.05) is 37.3 Å². The van der Waals surface area contributed by atoms with E-state index in [4.69, 9.17) is 9.68 Å². The van der Waals surface area contributed by atoms with E-state index >= 15 is 0 Å². The number of rotatable bonds is 4. The molecule has 92 valence electrons. The molecule has 1 aromatic carbocycles. The molecule has 1 aromatic heterocycles. The monoisotopic (exact) mass is 240 g/mol. The molecule has 0 atom stereocenters. The average Bonchev–Trinajstić information content (AvgIpc) is 2.84. The first-order valence-corrected chi connectivity index (χ1v) is 5.89. The molecule has 0 aliphatic rings. The molecular formula is C15H16N2O. The molecule has 0 spiro atoms. The Hall–Kier alpha value is -2.05. The molecule has 18 heavy (non-hydrogen) atoms. The lowest BCUT2D eigenvalue weighted by Crippen LogP contribution is -2.17. The van der Waals surface area contributed by atoms with Crippen LogP contribution in [-0.2, 0) is 13.1 Å². The molecule has 0 bridgehead atoms. The number of aryl methyl sites for hydroxylation is 1. The lowest BCUT2D eigenvalue weighted by molar-refractivity contribution is 0.287. The van der Waals surface area contributed by atoms with Gasteiger partial charge in [0.1, 0.15) is 5.76 Å². The zero-order valence-electron chi connectivity index (χ0n) is 10.7. The minimum atomic E-state index is 0.713. The maximum Gasteiger partial charge on any atom is 0.117 e. The highest BCUT2D eigenvalue weighted by atomic mass is 16.3. The van der Waals surface area contributed by atoms with Crippen LogP contribution in [-0.4, -0.2) is 11.9 Å². The molecule has 3 heteroatoms. The van der Waals surface area contributed by atoms with Crippen LogP contribution in [0.1, 0.15) is 22.5 Å². The average molecular weight is 240 g/mol. The predicted molar refractivity (Wildman–Crippen MR) is 69.8 cm³/mol. The van der Waals surface area contributed by atoms with Gasteiger partial charge in [-0.05, 0) is 49.4 Å². The topological polar surface area (TPSA) is 40.2 Å². The Morgan fingerprint density at radius 1 is 1.28 bits per heavy atom. The highest BCUT2D eigenvalue weighted by Gasteiger charge is 2.06. The van der Waals surface area contributed by atoms with Gasteiger partial charge in [0, 0.05) is 6.54 Å². The Balaban J connectivity index is 2.03. The van der Waals surface area contributed by atoms with Crippen LogP contribution in [0.2, 0.25) is 0 Å². The summed E-state index contributed by atoms with van der Waals surface area (Å²) >= 11 is 0. The summed E-state index contributed by atoms with van der Waals surface area (Å²) in [5.41, 5.74) is 3.10. The minimum Gasteiger partial charge on any atom is -0.468 e. The van der Waals surface area contributed by atoms with E-state index in [0.717, 1.165) is 24.4 Å². The van der Waals surface area contributed by atoms with Crippen molar-refractivity contribution in [2.45, 2.75) is 20.0 Å². The fraction of sp³-hybridized carbons (Fsp3) is 0.267. The molecule has 0 fully saturated rings. The van der Waals surface area contributed by atoms with Crippen LogP contribution in [0.25, 0.3) is 0 Å². The molecule has 0 N–H and O–H groups in total. The first-order chi connectivity index (χ1) is 8.69. The summed E-state index contributed by atoms with van der Waals surface area (Å²) in [6.07, 6.45) is 1.69. The normalized spacial score (nSPS) is 10.6. The van der Waals surface area contributed by atoms with Crippen molar-refractivity contribution in [2.75, 3.05) is 7.05 Å². The molecule has 1 heterocycles. The van der Waals surface area contributed by atoms with Crippen molar-refractivity contribution >= 4 is 0 Å². The summed E-state index contributed by atoms with van der Waals surface area (Å²) in [5.74, 6) is 0.962. The molecule has 0 radical (unpaired) electrons. The van der Waals surface area contributed by atoms with Gasteiger partial charge in [0.2, 0.25) is 0 Å². The van der Waals surface area contributed by atoms with E-state index in [9.17, 15) is 0 Å². The second-order valence-corrected chi connectivity index (χ2v) is 4.50. The molecule has 3 nitrogen and oxygen atoms in total. The Bertz CT molecular complexity index is 552. The Labute approximate surface area is 107 Å². The molecule has 0 aliphatic heterocycles. The van der Waals surface area contributed by atoms with Crippen LogP contribution in [0.15, 0.2) is 41.0 Å². The summed E-state index contributed by atoms with van der Waals surface area (Å²) in [4.78, 5) is 2.19. The highest BCUT2D eigenvalue weighted by molar-refractivity contribution is 5.37. The summed E-state index contributed by atoms with van der Waals surface area (Å²) < 4.78 is 5.32. The van der Waals surface area contributed by atoms with E-state index in [-0.39, 0.29) is 0 Å². The Morgan fingerprint density at radius 3 is 2.72 bits per heavy atom. The highest BCUT2D eigenvalue weighted by Crippen LogP contribution is 2.14. The molecule has 0 saturated heterocycles. The maximum absolute atomic E-state index is 8.83. The lowest BCUT2D eigenvalue weighted by atomic mass is 10.1. The zero-order valence-corrected chi connectivity index (χ0v) is 10.7. The van der Waals surface area contributed by atoms with Gasteiger partial charge in [-0.15, -0.1) is 0 Å². The van der Waals surface area contributed by atoms with E-state index in [1.165, 1.54) is 5.56 Å². The number of furan rings is 1. The summed E-state index contributed by atoms with van der Waals surface area (Å²) in [6.45, 7) is 3.67. The van der Waals surface area contributed by atoms with Crippen molar-refractivity contribution in [2.24, 2.45) is 0 Å². The third kappa shape index (κ3) is 2.99. The van der Waals surface area contributed by atoms with E-state index in [0.29, 0.717) is 5.56 Å². The first kappa shape index (κ1) is 12.4. The molecule has 0 saturated carbocycles. The maximum atomic E-state index is 8.83. The van der Waals surface area contributed by atoms with Crippen LogP contribution in [0.5, 0.6) is 0 Å². The van der Waals surface area contributed by atoms with Gasteiger partial charge in [0.05, 0.1) is 24.4 Å². The molecule has 2 aromatic rings. The van der Waals surface area contributed by atoms with Gasteiger partial charge >= 0.3 is 0 Å². The van der Waals surface area contributed by atoms with Crippen molar-refractivity contribution in [3.63, 3.8) is 0 Å². The SMILES string of the molecule is Cc1cc(C#N)ccc1CN(C)Cc1ccco1. The molecule has 2 rings (SSSR count). The summed E-state index contributed by atoms with van der Waals surface area (Å²) in [6, 6.07) is 11.8. The van der Waals surface area contributed by atoms with Crippen LogP contribution >= 0.6 is 0 Å². The third-order valence-electron chi connectivity index (χ3n) is 2.92. The van der Waals surface area contributed by atoms with E-state index < -0.39 is 0 Å². The van der Waals surface area contributed by atoms with Gasteiger partial charge in [-0.1, -0.05) is 6.07 Å². The second-order valence-electron chi connectivity index (χ2n) is 4.50. The van der Waals surface area contributed by atoms with Crippen LogP contribution < -0.4 is 0 Å². The van der Waals surface area contributed by atoms with Crippen LogP contribution in [0.3, 0.4) is 0 Å². The number of hydrogen-bond acceptors (Lipinski definition) is 3. The third-order valence-corrected chi connectivity index (χ3v) is 2.92. The Kier molecular flexibility index (Phi) is 3.81. The van der Waals surface area contributed by atoms with Gasteiger partial charge in [0.25, 0.3) is 0 Å². The number of nitriles is 1. The fourth-order valence-electron chi connectivity index (χ4n) is 1.96. The standard InChI is InChI=1S/C15H16N2O/c1-12-8-13(9-16)5-6-14(12)10-17(2)11-15-4-3-7-18-15/h3-8H,10-11H2,1-2H3.